The van der Waals surface area contributed by atoms with Gasteiger partial charge in [-0.15, -0.1) is 0 Å². The Balaban J connectivity index is 0.000000454. The normalized spacial score (nSPS) is 13.4. The van der Waals surface area contributed by atoms with Crippen molar-refractivity contribution in [1.29, 1.82) is 0 Å². The number of aryl methyl sites for hydroxylation is 4. The van der Waals surface area contributed by atoms with Crippen LogP contribution < -0.4 is 0 Å². The van der Waals surface area contributed by atoms with Gasteiger partial charge in [0, 0.05) is 22.8 Å². The summed E-state index contributed by atoms with van der Waals surface area (Å²) in [6.45, 7) is 28.5. The maximum absolute atomic E-state index is 11.3. The summed E-state index contributed by atoms with van der Waals surface area (Å²) in [4.78, 5) is 0. The number of allylic oxidation sites excluding steroid dienone is 2. The first kappa shape index (κ1) is 35.1. The molecule has 0 saturated heterocycles. The van der Waals surface area contributed by atoms with Crippen LogP contribution in [-0.4, -0.2) is 38.8 Å². The van der Waals surface area contributed by atoms with Crippen LogP contribution in [-0.2, 0) is 14.9 Å². The van der Waals surface area contributed by atoms with E-state index in [4.69, 9.17) is 0 Å². The molecule has 0 unspecified atom stereocenters. The van der Waals surface area contributed by atoms with E-state index in [2.05, 4.69) is 114 Å². The second-order valence-electron chi connectivity index (χ2n) is 11.2. The molecule has 0 bridgehead atoms. The molecule has 0 fully saturated rings. The molecule has 3 rings (SSSR count). The Morgan fingerprint density at radius 3 is 1.49 bits per heavy atom. The van der Waals surface area contributed by atoms with Crippen molar-refractivity contribution >= 4 is 11.4 Å². The van der Waals surface area contributed by atoms with Gasteiger partial charge in [-0.3, -0.25) is 0 Å². The summed E-state index contributed by atoms with van der Waals surface area (Å²) in [5.74, 6) is 0. The van der Waals surface area contributed by atoms with Crippen molar-refractivity contribution in [2.24, 2.45) is 0 Å². The molecule has 0 amide bonds. The first-order valence-electron chi connectivity index (χ1n) is 15.7. The zero-order chi connectivity index (χ0) is 30.7. The van der Waals surface area contributed by atoms with Gasteiger partial charge in [0.05, 0.1) is 0 Å². The molecule has 1 aliphatic rings. The predicted molar refractivity (Wildman–Crippen MR) is 174 cm³/mol. The van der Waals surface area contributed by atoms with Gasteiger partial charge in [0.1, 0.15) is 0 Å². The van der Waals surface area contributed by atoms with E-state index in [0.717, 1.165) is 61.5 Å². The van der Waals surface area contributed by atoms with Crippen LogP contribution in [0.5, 0.6) is 0 Å². The van der Waals surface area contributed by atoms with E-state index in [-0.39, 0.29) is 0 Å². The summed E-state index contributed by atoms with van der Waals surface area (Å²) >= 11 is 1.67. The Labute approximate surface area is 258 Å². The Bertz CT molecular complexity index is 1180. The van der Waals surface area contributed by atoms with Crippen LogP contribution in [0.25, 0.3) is 16.9 Å². The summed E-state index contributed by atoms with van der Waals surface area (Å²) in [7, 11) is 0. The minimum atomic E-state index is 0.887. The number of nitrogens with zero attached hydrogens (tertiary/aromatic N) is 4. The molecule has 2 aromatic carbocycles. The first-order chi connectivity index (χ1) is 19.5. The fourth-order valence-corrected chi connectivity index (χ4v) is 6.06. The predicted octanol–water partition coefficient (Wildman–Crippen LogP) is 9.89. The van der Waals surface area contributed by atoms with Gasteiger partial charge >= 0.3 is 76.7 Å². The average Bonchev–Trinajstić information content (AvgIpc) is 3.29. The van der Waals surface area contributed by atoms with Crippen LogP contribution in [0.3, 0.4) is 0 Å². The first-order valence-corrected chi connectivity index (χ1v) is 16.6. The van der Waals surface area contributed by atoms with Crippen LogP contribution >= 0.6 is 0 Å². The van der Waals surface area contributed by atoms with Crippen molar-refractivity contribution in [1.82, 2.24) is 7.96 Å². The molecule has 0 N–H and O–H groups in total. The molecule has 5 heteroatoms. The Morgan fingerprint density at radius 2 is 1.07 bits per heavy atom. The number of hydrogen-bond donors (Lipinski definition) is 0. The van der Waals surface area contributed by atoms with E-state index < -0.39 is 0 Å². The van der Waals surface area contributed by atoms with Gasteiger partial charge in [-0.2, -0.15) is 0 Å². The summed E-state index contributed by atoms with van der Waals surface area (Å²) < 4.78 is 6.18. The summed E-state index contributed by atoms with van der Waals surface area (Å²) in [6.07, 6.45) is 8.08. The Morgan fingerprint density at radius 1 is 0.634 bits per heavy atom. The van der Waals surface area contributed by atoms with Gasteiger partial charge in [-0.25, -0.2) is 4.70 Å². The number of hydrogen-bond acceptors (Lipinski definition) is 2. The van der Waals surface area contributed by atoms with Crippen molar-refractivity contribution in [3.8, 4) is 0 Å². The molecule has 0 radical (unpaired) electrons. The molecule has 230 valence electrons. The van der Waals surface area contributed by atoms with Gasteiger partial charge < -0.3 is 5.53 Å². The molecular weight excluding hydrogens is 547 g/mol. The van der Waals surface area contributed by atoms with E-state index >= 15 is 0 Å². The summed E-state index contributed by atoms with van der Waals surface area (Å²) in [5, 5.41) is 0. The van der Waals surface area contributed by atoms with Crippen LogP contribution in [0.1, 0.15) is 111 Å². The van der Waals surface area contributed by atoms with Crippen LogP contribution in [0.2, 0.25) is 0 Å². The fourth-order valence-electron chi connectivity index (χ4n) is 5.11. The zero-order valence-electron chi connectivity index (χ0n) is 27.9. The van der Waals surface area contributed by atoms with E-state index in [9.17, 15) is 5.53 Å². The van der Waals surface area contributed by atoms with E-state index in [1.165, 1.54) is 62.9 Å². The third-order valence-corrected chi connectivity index (χ3v) is 10.1. The zero-order valence-corrected chi connectivity index (χ0v) is 28.8. The van der Waals surface area contributed by atoms with Crippen molar-refractivity contribution in [2.45, 2.75) is 108 Å². The van der Waals surface area contributed by atoms with Gasteiger partial charge in [0.15, 0.2) is 0 Å². The molecule has 41 heavy (non-hydrogen) atoms. The van der Waals surface area contributed by atoms with Crippen LogP contribution in [0.4, 0.5) is 0 Å². The second kappa shape index (κ2) is 17.1. The third-order valence-electron chi connectivity index (χ3n) is 8.25. The molecule has 0 aromatic heterocycles. The topological polar surface area (TPSA) is 31.8 Å². The summed E-state index contributed by atoms with van der Waals surface area (Å²) in [6, 6.07) is 8.83. The van der Waals surface area contributed by atoms with E-state index in [0.29, 0.717) is 0 Å². The molecule has 0 aliphatic carbocycles. The summed E-state index contributed by atoms with van der Waals surface area (Å²) in [5.41, 5.74) is 24.3. The van der Waals surface area contributed by atoms with E-state index in [1.807, 2.05) is 0 Å². The molecule has 4 nitrogen and oxygen atoms in total. The van der Waals surface area contributed by atoms with Crippen LogP contribution in [0, 0.1) is 41.5 Å². The Kier molecular flexibility index (Phi) is 14.7. The number of benzene rings is 2. The molecule has 1 aliphatic heterocycles. The number of rotatable bonds is 13. The standard InChI is InChI=1S/C28H36N2.2C4H10N.Ni/c1-8-9-10-11-12-24-17-27(25-13-18(2)22(6)19(3)14-25)30(29)28(24)26-15-20(4)23(7)21(5)16-26;2*1-3-5-4-2;/h13-17H,8-12H2,1-7H3;2*3-4H2,1-2H3;/q;2*-1;+2. The van der Waals surface area contributed by atoms with Crippen molar-refractivity contribution < 1.29 is 19.6 Å². The maximum atomic E-state index is 11.3. The average molecular weight is 604 g/mol. The van der Waals surface area contributed by atoms with Gasteiger partial charge in [-0.05, 0) is 112 Å². The van der Waals surface area contributed by atoms with Crippen LogP contribution in [0.15, 0.2) is 35.9 Å². The van der Waals surface area contributed by atoms with Gasteiger partial charge in [0.25, 0.3) is 0 Å². The van der Waals surface area contributed by atoms with E-state index in [1.54, 1.807) is 14.9 Å². The van der Waals surface area contributed by atoms with Gasteiger partial charge in [-0.1, -0.05) is 26.2 Å². The fraction of sp³-hybridized carbons (Fsp3) is 0.556. The SMILES string of the molecule is CCCCCCC1=C(c2cc(C)c(C)c(C)c2)[N+](=[N-])C(c2cc(C)c(C)c(C)c2)=C1.CC[N](CC)[Ni][N](CC)CC. The van der Waals surface area contributed by atoms with Gasteiger partial charge in [0.2, 0.25) is 11.4 Å². The molecule has 0 saturated carbocycles. The van der Waals surface area contributed by atoms with Crippen molar-refractivity contribution in [2.75, 3.05) is 26.2 Å². The quantitative estimate of drug-likeness (QED) is 0.130. The molecule has 1 heterocycles. The van der Waals surface area contributed by atoms with Crippen molar-refractivity contribution in [3.05, 3.63) is 86.0 Å². The third kappa shape index (κ3) is 9.47. The monoisotopic (exact) mass is 602 g/mol. The minimum absolute atomic E-state index is 0.887. The Hall–Kier alpha value is -2.07. The molecule has 0 spiro atoms. The number of unbranched alkanes of at least 4 members (excludes halogenated alkanes) is 3. The second-order valence-corrected chi connectivity index (χ2v) is 12.6. The molecule has 0 atom stereocenters. The molecule has 2 aromatic rings. The molecular formula is C36H56N4Ni. The van der Waals surface area contributed by atoms with Crippen molar-refractivity contribution in [3.63, 3.8) is 0 Å².